The van der Waals surface area contributed by atoms with E-state index in [9.17, 15) is 5.11 Å². The normalized spacial score (nSPS) is 24.8. The molecule has 0 unspecified atom stereocenters. The van der Waals surface area contributed by atoms with Gasteiger partial charge in [0.2, 0.25) is 0 Å². The van der Waals surface area contributed by atoms with Gasteiger partial charge in [0.25, 0.3) is 0 Å². The van der Waals surface area contributed by atoms with Gasteiger partial charge in [0.1, 0.15) is 5.76 Å². The maximum Gasteiger partial charge on any atom is 0.102 e. The molecule has 0 aromatic rings. The van der Waals surface area contributed by atoms with E-state index in [1.165, 1.54) is 19.3 Å². The highest BCUT2D eigenvalue weighted by Crippen LogP contribution is 2.39. The first-order chi connectivity index (χ1) is 5.56. The molecule has 3 N–H and O–H groups in total. The molecule has 0 bridgehead atoms. The topological polar surface area (TPSA) is 46.2 Å². The summed E-state index contributed by atoms with van der Waals surface area (Å²) >= 11 is 0. The third-order valence-electron chi connectivity index (χ3n) is 3.11. The van der Waals surface area contributed by atoms with Gasteiger partial charge in [-0.15, -0.1) is 0 Å². The fourth-order valence-corrected chi connectivity index (χ4v) is 2.07. The molecule has 0 radical (unpaired) electrons. The molecule has 70 valence electrons. The molecule has 2 nitrogen and oxygen atoms in total. The Morgan fingerprint density at radius 1 is 1.42 bits per heavy atom. The van der Waals surface area contributed by atoms with Gasteiger partial charge < -0.3 is 10.8 Å². The van der Waals surface area contributed by atoms with E-state index in [1.54, 1.807) is 0 Å². The Balaban J connectivity index is 2.62. The van der Waals surface area contributed by atoms with Crippen molar-refractivity contribution in [2.75, 3.05) is 0 Å². The van der Waals surface area contributed by atoms with Crippen LogP contribution in [0.4, 0.5) is 0 Å². The van der Waals surface area contributed by atoms with Crippen LogP contribution in [-0.4, -0.2) is 11.1 Å². The molecule has 1 aliphatic carbocycles. The van der Waals surface area contributed by atoms with Gasteiger partial charge in [-0.25, -0.2) is 0 Å². The molecular formula is C10H19NO. The summed E-state index contributed by atoms with van der Waals surface area (Å²) in [6.07, 6.45) is 6.01. The van der Waals surface area contributed by atoms with Crippen molar-refractivity contribution in [1.29, 1.82) is 0 Å². The molecule has 1 rings (SSSR count). The lowest BCUT2D eigenvalue weighted by Gasteiger charge is -2.38. The van der Waals surface area contributed by atoms with Gasteiger partial charge in [0.15, 0.2) is 0 Å². The molecule has 0 saturated heterocycles. The summed E-state index contributed by atoms with van der Waals surface area (Å²) in [7, 11) is 0. The summed E-state index contributed by atoms with van der Waals surface area (Å²) in [5.41, 5.74) is 5.96. The molecule has 0 aromatic heterocycles. The Morgan fingerprint density at radius 2 is 1.92 bits per heavy atom. The Hall–Kier alpha value is -0.500. The smallest absolute Gasteiger partial charge is 0.102 e. The van der Waals surface area contributed by atoms with Gasteiger partial charge in [-0.2, -0.15) is 0 Å². The highest BCUT2D eigenvalue weighted by atomic mass is 16.3. The second-order valence-corrected chi connectivity index (χ2v) is 4.18. The van der Waals surface area contributed by atoms with Gasteiger partial charge in [-0.1, -0.05) is 32.8 Å². The maximum atomic E-state index is 9.22. The Kier molecular flexibility index (Phi) is 2.78. The lowest BCUT2D eigenvalue weighted by molar-refractivity contribution is 0.157. The standard InChI is InChI=1S/C10H19NO/c1-8(12)9(11)10(2)6-4-3-5-7-10/h9,12H,1,3-7,11H2,2H3/t9-/m1/s1. The van der Waals surface area contributed by atoms with E-state index in [0.29, 0.717) is 0 Å². The number of hydrogen-bond acceptors (Lipinski definition) is 2. The van der Waals surface area contributed by atoms with Crippen molar-refractivity contribution in [2.24, 2.45) is 11.1 Å². The minimum absolute atomic E-state index is 0.0874. The van der Waals surface area contributed by atoms with E-state index < -0.39 is 0 Å². The summed E-state index contributed by atoms with van der Waals surface area (Å²) in [6, 6.07) is -0.238. The van der Waals surface area contributed by atoms with Gasteiger partial charge >= 0.3 is 0 Å². The molecule has 0 aromatic carbocycles. The summed E-state index contributed by atoms with van der Waals surface area (Å²) in [5.74, 6) is 0.138. The molecule has 12 heavy (non-hydrogen) atoms. The van der Waals surface area contributed by atoms with E-state index in [4.69, 9.17) is 5.73 Å². The molecule has 0 spiro atoms. The number of aliphatic hydroxyl groups is 1. The quantitative estimate of drug-likeness (QED) is 0.623. The summed E-state index contributed by atoms with van der Waals surface area (Å²) in [4.78, 5) is 0. The first-order valence-electron chi connectivity index (χ1n) is 4.69. The minimum atomic E-state index is -0.238. The molecule has 1 aliphatic rings. The maximum absolute atomic E-state index is 9.22. The number of nitrogens with two attached hydrogens (primary N) is 1. The Labute approximate surface area is 74.5 Å². The number of rotatable bonds is 2. The average Bonchev–Trinajstić information content (AvgIpc) is 2.04. The van der Waals surface area contributed by atoms with Gasteiger partial charge in [0, 0.05) is 0 Å². The zero-order chi connectivity index (χ0) is 9.19. The summed E-state index contributed by atoms with van der Waals surface area (Å²) < 4.78 is 0. The second kappa shape index (κ2) is 3.48. The largest absolute Gasteiger partial charge is 0.511 e. The summed E-state index contributed by atoms with van der Waals surface area (Å²) in [5, 5.41) is 9.22. The molecule has 0 amide bonds. The van der Waals surface area contributed by atoms with E-state index in [1.807, 2.05) is 0 Å². The third-order valence-corrected chi connectivity index (χ3v) is 3.11. The average molecular weight is 169 g/mol. The van der Waals surface area contributed by atoms with E-state index in [0.717, 1.165) is 12.8 Å². The van der Waals surface area contributed by atoms with E-state index in [2.05, 4.69) is 13.5 Å². The van der Waals surface area contributed by atoms with Crippen LogP contribution in [0.2, 0.25) is 0 Å². The van der Waals surface area contributed by atoms with Crippen LogP contribution in [0.25, 0.3) is 0 Å². The van der Waals surface area contributed by atoms with E-state index in [-0.39, 0.29) is 17.2 Å². The number of aliphatic hydroxyl groups excluding tert-OH is 1. The van der Waals surface area contributed by atoms with Crippen LogP contribution in [0.1, 0.15) is 39.0 Å². The third kappa shape index (κ3) is 1.81. The fraction of sp³-hybridized carbons (Fsp3) is 0.800. The van der Waals surface area contributed by atoms with Crippen LogP contribution in [0.15, 0.2) is 12.3 Å². The van der Waals surface area contributed by atoms with Crippen molar-refractivity contribution in [3.05, 3.63) is 12.3 Å². The van der Waals surface area contributed by atoms with Crippen LogP contribution < -0.4 is 5.73 Å². The van der Waals surface area contributed by atoms with Crippen LogP contribution in [-0.2, 0) is 0 Å². The van der Waals surface area contributed by atoms with Crippen molar-refractivity contribution in [3.63, 3.8) is 0 Å². The molecule has 1 atom stereocenters. The Bertz CT molecular complexity index is 171. The SMILES string of the molecule is C=C(O)[C@@H](N)C1(C)CCCCC1. The predicted molar refractivity (Wildman–Crippen MR) is 50.9 cm³/mol. The van der Waals surface area contributed by atoms with Gasteiger partial charge in [-0.3, -0.25) is 0 Å². The van der Waals surface area contributed by atoms with Crippen molar-refractivity contribution < 1.29 is 5.11 Å². The molecular weight excluding hydrogens is 150 g/mol. The molecule has 0 heterocycles. The van der Waals surface area contributed by atoms with Crippen molar-refractivity contribution in [1.82, 2.24) is 0 Å². The molecule has 1 saturated carbocycles. The van der Waals surface area contributed by atoms with Crippen molar-refractivity contribution in [3.8, 4) is 0 Å². The first-order valence-corrected chi connectivity index (χ1v) is 4.69. The highest BCUT2D eigenvalue weighted by molar-refractivity contribution is 5.03. The number of hydrogen-bond donors (Lipinski definition) is 2. The zero-order valence-corrected chi connectivity index (χ0v) is 7.84. The molecule has 2 heteroatoms. The lowest BCUT2D eigenvalue weighted by atomic mass is 9.70. The first kappa shape index (κ1) is 9.59. The van der Waals surface area contributed by atoms with Crippen molar-refractivity contribution in [2.45, 2.75) is 45.1 Å². The van der Waals surface area contributed by atoms with Crippen LogP contribution in [0.3, 0.4) is 0 Å². The fourth-order valence-electron chi connectivity index (χ4n) is 2.07. The summed E-state index contributed by atoms with van der Waals surface area (Å²) in [6.45, 7) is 5.66. The monoisotopic (exact) mass is 169 g/mol. The predicted octanol–water partition coefficient (Wildman–Crippen LogP) is 2.36. The van der Waals surface area contributed by atoms with Gasteiger partial charge in [-0.05, 0) is 18.3 Å². The van der Waals surface area contributed by atoms with Crippen LogP contribution in [0, 0.1) is 5.41 Å². The molecule has 0 aliphatic heterocycles. The minimum Gasteiger partial charge on any atom is -0.511 e. The molecule has 1 fully saturated rings. The highest BCUT2D eigenvalue weighted by Gasteiger charge is 2.34. The Morgan fingerprint density at radius 3 is 2.33 bits per heavy atom. The van der Waals surface area contributed by atoms with Crippen molar-refractivity contribution >= 4 is 0 Å². The van der Waals surface area contributed by atoms with E-state index >= 15 is 0 Å². The second-order valence-electron chi connectivity index (χ2n) is 4.18. The zero-order valence-electron chi connectivity index (χ0n) is 7.84. The lowest BCUT2D eigenvalue weighted by Crippen LogP contribution is -2.42. The van der Waals surface area contributed by atoms with Crippen LogP contribution in [0.5, 0.6) is 0 Å². The van der Waals surface area contributed by atoms with Crippen LogP contribution >= 0.6 is 0 Å². The van der Waals surface area contributed by atoms with Gasteiger partial charge in [0.05, 0.1) is 6.04 Å².